The number of halogens is 3. The maximum atomic E-state index is 12.6. The quantitative estimate of drug-likeness (QED) is 0.827. The van der Waals surface area contributed by atoms with E-state index in [1.165, 1.54) is 12.1 Å². The van der Waals surface area contributed by atoms with Crippen molar-refractivity contribution in [2.24, 2.45) is 11.8 Å². The van der Waals surface area contributed by atoms with Gasteiger partial charge >= 0.3 is 12.2 Å². The van der Waals surface area contributed by atoms with Crippen LogP contribution in [0.2, 0.25) is 0 Å². The second kappa shape index (κ2) is 5.95. The fourth-order valence-corrected chi connectivity index (χ4v) is 2.80. The Labute approximate surface area is 122 Å². The summed E-state index contributed by atoms with van der Waals surface area (Å²) in [6, 6.07) is 4.35. The molecule has 1 aromatic rings. The van der Waals surface area contributed by atoms with Crippen LogP contribution in [0.1, 0.15) is 25.8 Å². The first-order chi connectivity index (χ1) is 9.75. The SMILES string of the molecule is C[C@@H]1C[C@H](C)CN(C(=O)Nc2cccc(C(F)(F)F)c2)C1. The van der Waals surface area contributed by atoms with Gasteiger partial charge in [0.1, 0.15) is 0 Å². The van der Waals surface area contributed by atoms with Crippen molar-refractivity contribution in [2.75, 3.05) is 18.4 Å². The summed E-state index contributed by atoms with van der Waals surface area (Å²) in [7, 11) is 0. The van der Waals surface area contributed by atoms with E-state index in [0.29, 0.717) is 24.9 Å². The molecule has 2 rings (SSSR count). The molecular weight excluding hydrogens is 281 g/mol. The summed E-state index contributed by atoms with van der Waals surface area (Å²) in [5.41, 5.74) is -0.596. The third kappa shape index (κ3) is 4.12. The molecule has 0 aliphatic carbocycles. The van der Waals surface area contributed by atoms with Gasteiger partial charge in [-0.15, -0.1) is 0 Å². The number of carbonyl (C=O) groups excluding carboxylic acids is 1. The number of nitrogens with one attached hydrogen (secondary N) is 1. The number of urea groups is 1. The van der Waals surface area contributed by atoms with Gasteiger partial charge in [-0.1, -0.05) is 19.9 Å². The van der Waals surface area contributed by atoms with Gasteiger partial charge in [-0.3, -0.25) is 0 Å². The molecule has 116 valence electrons. The Morgan fingerprint density at radius 1 is 1.24 bits per heavy atom. The van der Waals surface area contributed by atoms with E-state index in [9.17, 15) is 18.0 Å². The molecule has 1 aliphatic rings. The normalized spacial score (nSPS) is 23.0. The standard InChI is InChI=1S/C15H19F3N2O/c1-10-6-11(2)9-20(8-10)14(21)19-13-5-3-4-12(7-13)15(16,17)18/h3-5,7,10-11H,6,8-9H2,1-2H3,(H,19,21)/t10-,11+. The Kier molecular flexibility index (Phi) is 4.44. The molecule has 1 aliphatic heterocycles. The molecule has 2 amide bonds. The van der Waals surface area contributed by atoms with Gasteiger partial charge in [0.25, 0.3) is 0 Å². The van der Waals surface area contributed by atoms with E-state index in [1.807, 2.05) is 0 Å². The average molecular weight is 300 g/mol. The highest BCUT2D eigenvalue weighted by Crippen LogP contribution is 2.31. The number of carbonyl (C=O) groups is 1. The average Bonchev–Trinajstić information content (AvgIpc) is 2.37. The first kappa shape index (κ1) is 15.7. The Bertz CT molecular complexity index is 506. The molecule has 3 nitrogen and oxygen atoms in total. The Morgan fingerprint density at radius 2 is 1.86 bits per heavy atom. The van der Waals surface area contributed by atoms with Gasteiger partial charge in [0.2, 0.25) is 0 Å². The third-order valence-corrected chi connectivity index (χ3v) is 3.60. The van der Waals surface area contributed by atoms with Crippen molar-refractivity contribution in [2.45, 2.75) is 26.4 Å². The molecule has 1 fully saturated rings. The molecule has 1 N–H and O–H groups in total. The van der Waals surface area contributed by atoms with Crippen molar-refractivity contribution in [1.82, 2.24) is 4.90 Å². The molecule has 0 bridgehead atoms. The first-order valence-electron chi connectivity index (χ1n) is 6.99. The van der Waals surface area contributed by atoms with Crippen LogP contribution in [0.4, 0.5) is 23.7 Å². The maximum Gasteiger partial charge on any atom is 0.416 e. The number of nitrogens with zero attached hydrogens (tertiary/aromatic N) is 1. The summed E-state index contributed by atoms with van der Waals surface area (Å²) in [5, 5.41) is 2.55. The number of hydrogen-bond donors (Lipinski definition) is 1. The van der Waals surface area contributed by atoms with E-state index in [0.717, 1.165) is 18.6 Å². The second-order valence-electron chi connectivity index (χ2n) is 5.86. The molecule has 0 saturated carbocycles. The van der Waals surface area contributed by atoms with Crippen LogP contribution in [-0.4, -0.2) is 24.0 Å². The van der Waals surface area contributed by atoms with E-state index in [4.69, 9.17) is 0 Å². The smallest absolute Gasteiger partial charge is 0.324 e. The van der Waals surface area contributed by atoms with Gasteiger partial charge in [-0.2, -0.15) is 13.2 Å². The van der Waals surface area contributed by atoms with Gasteiger partial charge in [0.05, 0.1) is 5.56 Å². The molecule has 1 saturated heterocycles. The topological polar surface area (TPSA) is 32.3 Å². The minimum atomic E-state index is -4.41. The fraction of sp³-hybridized carbons (Fsp3) is 0.533. The van der Waals surface area contributed by atoms with Crippen molar-refractivity contribution < 1.29 is 18.0 Å². The van der Waals surface area contributed by atoms with Crippen LogP contribution in [0.25, 0.3) is 0 Å². The number of hydrogen-bond acceptors (Lipinski definition) is 1. The van der Waals surface area contributed by atoms with Crippen LogP contribution in [0.3, 0.4) is 0 Å². The molecule has 6 heteroatoms. The number of amides is 2. The highest BCUT2D eigenvalue weighted by Gasteiger charge is 2.31. The second-order valence-corrected chi connectivity index (χ2v) is 5.86. The van der Waals surface area contributed by atoms with Gasteiger partial charge in [-0.25, -0.2) is 4.79 Å². The summed E-state index contributed by atoms with van der Waals surface area (Å²) in [6.07, 6.45) is -3.35. The third-order valence-electron chi connectivity index (χ3n) is 3.60. The molecule has 0 radical (unpaired) electrons. The maximum absolute atomic E-state index is 12.6. The zero-order valence-electron chi connectivity index (χ0n) is 12.1. The molecule has 0 spiro atoms. The number of anilines is 1. The zero-order chi connectivity index (χ0) is 15.6. The van der Waals surface area contributed by atoms with Crippen molar-refractivity contribution in [3.8, 4) is 0 Å². The molecule has 0 aromatic heterocycles. The van der Waals surface area contributed by atoms with Crippen LogP contribution in [0.5, 0.6) is 0 Å². The molecule has 1 heterocycles. The Balaban J connectivity index is 2.06. The largest absolute Gasteiger partial charge is 0.416 e. The first-order valence-corrected chi connectivity index (χ1v) is 6.99. The van der Waals surface area contributed by atoms with Gasteiger partial charge in [0, 0.05) is 18.8 Å². The van der Waals surface area contributed by atoms with Crippen molar-refractivity contribution in [3.63, 3.8) is 0 Å². The van der Waals surface area contributed by atoms with Crippen LogP contribution >= 0.6 is 0 Å². The summed E-state index contributed by atoms with van der Waals surface area (Å²) in [4.78, 5) is 13.8. The van der Waals surface area contributed by atoms with E-state index < -0.39 is 11.7 Å². The van der Waals surface area contributed by atoms with E-state index >= 15 is 0 Å². The Hall–Kier alpha value is -1.72. The van der Waals surface area contributed by atoms with E-state index in [1.54, 1.807) is 4.90 Å². The molecule has 0 unspecified atom stereocenters. The molecular formula is C15H19F3N2O. The fourth-order valence-electron chi connectivity index (χ4n) is 2.80. The number of benzene rings is 1. The van der Waals surface area contributed by atoms with Crippen molar-refractivity contribution in [1.29, 1.82) is 0 Å². The predicted octanol–water partition coefficient (Wildman–Crippen LogP) is 4.22. The number of alkyl halides is 3. The van der Waals surface area contributed by atoms with Crippen LogP contribution in [0, 0.1) is 11.8 Å². The zero-order valence-corrected chi connectivity index (χ0v) is 12.1. The van der Waals surface area contributed by atoms with E-state index in [-0.39, 0.29) is 11.7 Å². The van der Waals surface area contributed by atoms with Gasteiger partial charge < -0.3 is 10.2 Å². The van der Waals surface area contributed by atoms with Crippen LogP contribution in [0.15, 0.2) is 24.3 Å². The van der Waals surface area contributed by atoms with Gasteiger partial charge in [0.15, 0.2) is 0 Å². The van der Waals surface area contributed by atoms with Crippen LogP contribution in [-0.2, 0) is 6.18 Å². The number of rotatable bonds is 1. The van der Waals surface area contributed by atoms with Crippen molar-refractivity contribution in [3.05, 3.63) is 29.8 Å². The van der Waals surface area contributed by atoms with Crippen molar-refractivity contribution >= 4 is 11.7 Å². The summed E-state index contributed by atoms with van der Waals surface area (Å²) in [5.74, 6) is 0.807. The lowest BCUT2D eigenvalue weighted by atomic mass is 9.92. The lowest BCUT2D eigenvalue weighted by Gasteiger charge is -2.34. The monoisotopic (exact) mass is 300 g/mol. The lowest BCUT2D eigenvalue weighted by molar-refractivity contribution is -0.137. The molecule has 1 aromatic carbocycles. The highest BCUT2D eigenvalue weighted by molar-refractivity contribution is 5.89. The predicted molar refractivity (Wildman–Crippen MR) is 75.0 cm³/mol. The van der Waals surface area contributed by atoms with Gasteiger partial charge in [-0.05, 0) is 36.5 Å². The minimum Gasteiger partial charge on any atom is -0.324 e. The number of likely N-dealkylation sites (tertiary alicyclic amines) is 1. The Morgan fingerprint density at radius 3 is 2.43 bits per heavy atom. The summed E-state index contributed by atoms with van der Waals surface area (Å²) < 4.78 is 37.9. The molecule has 2 atom stereocenters. The minimum absolute atomic E-state index is 0.167. The van der Waals surface area contributed by atoms with Crippen LogP contribution < -0.4 is 5.32 Å². The molecule has 21 heavy (non-hydrogen) atoms. The highest BCUT2D eigenvalue weighted by atomic mass is 19.4. The lowest BCUT2D eigenvalue weighted by Crippen LogP contribution is -2.44. The van der Waals surface area contributed by atoms with E-state index in [2.05, 4.69) is 19.2 Å². The summed E-state index contributed by atoms with van der Waals surface area (Å²) >= 11 is 0. The summed E-state index contributed by atoms with van der Waals surface area (Å²) in [6.45, 7) is 5.41. The number of piperidine rings is 1.